The highest BCUT2D eigenvalue weighted by molar-refractivity contribution is 5.89. The maximum Gasteiger partial charge on any atom is 0.307 e. The molecule has 0 bridgehead atoms. The zero-order valence-corrected chi connectivity index (χ0v) is 10.5. The van der Waals surface area contributed by atoms with E-state index < -0.39 is 11.9 Å². The molecule has 5 nitrogen and oxygen atoms in total. The largest absolute Gasteiger partial charge is 0.494 e. The Labute approximate surface area is 111 Å². The molecule has 0 spiro atoms. The second kappa shape index (κ2) is 6.22. The molecule has 0 unspecified atom stereocenters. The van der Waals surface area contributed by atoms with Gasteiger partial charge in [0.2, 0.25) is 5.91 Å². The average Bonchev–Trinajstić information content (AvgIpc) is 3.20. The van der Waals surface area contributed by atoms with Gasteiger partial charge in [0.05, 0.1) is 18.4 Å². The van der Waals surface area contributed by atoms with E-state index in [0.717, 1.165) is 5.75 Å². The number of carboxylic acids is 1. The standard InChI is InChI=1S/C14H17NO4/c16-13(11-9-12(11)14(17)18)15-7-4-8-19-10-5-2-1-3-6-10/h1-3,5-6,11-12H,4,7-9H2,(H,15,16)(H,17,18)/t11-,12-/m0/s1. The average molecular weight is 263 g/mol. The van der Waals surface area contributed by atoms with Crippen LogP contribution < -0.4 is 10.1 Å². The van der Waals surface area contributed by atoms with Gasteiger partial charge in [-0.3, -0.25) is 9.59 Å². The number of rotatable bonds is 7. The predicted molar refractivity (Wildman–Crippen MR) is 68.8 cm³/mol. The summed E-state index contributed by atoms with van der Waals surface area (Å²) >= 11 is 0. The third-order valence-corrected chi connectivity index (χ3v) is 3.08. The molecule has 0 saturated heterocycles. The van der Waals surface area contributed by atoms with Gasteiger partial charge in [-0.15, -0.1) is 0 Å². The Bertz CT molecular complexity index is 446. The van der Waals surface area contributed by atoms with Crippen LogP contribution in [-0.4, -0.2) is 30.1 Å². The second-order valence-electron chi connectivity index (χ2n) is 4.59. The van der Waals surface area contributed by atoms with Crippen LogP contribution >= 0.6 is 0 Å². The van der Waals surface area contributed by atoms with E-state index >= 15 is 0 Å². The van der Waals surface area contributed by atoms with E-state index in [1.54, 1.807) is 0 Å². The van der Waals surface area contributed by atoms with Crippen LogP contribution in [0.1, 0.15) is 12.8 Å². The summed E-state index contributed by atoms with van der Waals surface area (Å²) in [6.45, 7) is 1.03. The van der Waals surface area contributed by atoms with Crippen LogP contribution in [0.4, 0.5) is 0 Å². The van der Waals surface area contributed by atoms with Crippen molar-refractivity contribution in [2.45, 2.75) is 12.8 Å². The topological polar surface area (TPSA) is 75.6 Å². The molecule has 1 amide bonds. The van der Waals surface area contributed by atoms with Crippen molar-refractivity contribution >= 4 is 11.9 Å². The molecular weight excluding hydrogens is 246 g/mol. The van der Waals surface area contributed by atoms with Crippen molar-refractivity contribution in [1.29, 1.82) is 0 Å². The Kier molecular flexibility index (Phi) is 4.39. The van der Waals surface area contributed by atoms with Gasteiger partial charge in [0.15, 0.2) is 0 Å². The summed E-state index contributed by atoms with van der Waals surface area (Å²) in [6, 6.07) is 9.47. The quantitative estimate of drug-likeness (QED) is 0.727. The Morgan fingerprint density at radius 3 is 2.63 bits per heavy atom. The van der Waals surface area contributed by atoms with Crippen molar-refractivity contribution in [2.24, 2.45) is 11.8 Å². The van der Waals surface area contributed by atoms with Gasteiger partial charge in [0.1, 0.15) is 5.75 Å². The summed E-state index contributed by atoms with van der Waals surface area (Å²) in [4.78, 5) is 22.1. The summed E-state index contributed by atoms with van der Waals surface area (Å²) in [6.07, 6.45) is 1.16. The monoisotopic (exact) mass is 263 g/mol. The summed E-state index contributed by atoms with van der Waals surface area (Å²) < 4.78 is 5.48. The third-order valence-electron chi connectivity index (χ3n) is 3.08. The molecule has 0 heterocycles. The first-order valence-electron chi connectivity index (χ1n) is 6.37. The van der Waals surface area contributed by atoms with Crippen LogP contribution in [0.2, 0.25) is 0 Å². The van der Waals surface area contributed by atoms with Gasteiger partial charge < -0.3 is 15.2 Å². The molecule has 0 aliphatic heterocycles. The van der Waals surface area contributed by atoms with Crippen LogP contribution in [-0.2, 0) is 9.59 Å². The maximum atomic E-state index is 11.5. The lowest BCUT2D eigenvalue weighted by Gasteiger charge is -2.07. The Balaban J connectivity index is 1.55. The Morgan fingerprint density at radius 2 is 2.00 bits per heavy atom. The van der Waals surface area contributed by atoms with Crippen molar-refractivity contribution in [1.82, 2.24) is 5.32 Å². The van der Waals surface area contributed by atoms with Crippen molar-refractivity contribution in [2.75, 3.05) is 13.2 Å². The molecule has 102 valence electrons. The molecule has 1 aliphatic carbocycles. The van der Waals surface area contributed by atoms with E-state index in [1.807, 2.05) is 30.3 Å². The number of amides is 1. The molecule has 2 rings (SSSR count). The van der Waals surface area contributed by atoms with Gasteiger partial charge in [0.25, 0.3) is 0 Å². The van der Waals surface area contributed by atoms with E-state index in [0.29, 0.717) is 26.0 Å². The summed E-state index contributed by atoms with van der Waals surface area (Å²) in [7, 11) is 0. The molecular formula is C14H17NO4. The van der Waals surface area contributed by atoms with Gasteiger partial charge in [-0.1, -0.05) is 18.2 Å². The molecule has 1 aromatic carbocycles. The van der Waals surface area contributed by atoms with E-state index in [9.17, 15) is 9.59 Å². The van der Waals surface area contributed by atoms with Gasteiger partial charge >= 0.3 is 5.97 Å². The van der Waals surface area contributed by atoms with Gasteiger partial charge in [-0.05, 0) is 25.0 Å². The first-order chi connectivity index (χ1) is 9.18. The number of hydrogen-bond donors (Lipinski definition) is 2. The lowest BCUT2D eigenvalue weighted by atomic mass is 10.3. The SMILES string of the molecule is O=C(O)[C@H]1C[C@@H]1C(=O)NCCCOc1ccccc1. The highest BCUT2D eigenvalue weighted by atomic mass is 16.5. The van der Waals surface area contributed by atoms with Crippen molar-refractivity contribution < 1.29 is 19.4 Å². The number of ether oxygens (including phenoxy) is 1. The molecule has 1 saturated carbocycles. The van der Waals surface area contributed by atoms with E-state index in [1.165, 1.54) is 0 Å². The molecule has 5 heteroatoms. The molecule has 1 aliphatic rings. The van der Waals surface area contributed by atoms with Crippen LogP contribution in [0.25, 0.3) is 0 Å². The van der Waals surface area contributed by atoms with Gasteiger partial charge in [-0.2, -0.15) is 0 Å². The first-order valence-corrected chi connectivity index (χ1v) is 6.37. The fourth-order valence-corrected chi connectivity index (χ4v) is 1.88. The van der Waals surface area contributed by atoms with Gasteiger partial charge in [-0.25, -0.2) is 0 Å². The minimum Gasteiger partial charge on any atom is -0.494 e. The van der Waals surface area contributed by atoms with Crippen LogP contribution in [0.15, 0.2) is 30.3 Å². The van der Waals surface area contributed by atoms with Crippen molar-refractivity contribution in [3.8, 4) is 5.75 Å². The van der Waals surface area contributed by atoms with Crippen molar-refractivity contribution in [3.05, 3.63) is 30.3 Å². The fourth-order valence-electron chi connectivity index (χ4n) is 1.88. The fraction of sp³-hybridized carbons (Fsp3) is 0.429. The molecule has 1 fully saturated rings. The number of nitrogens with one attached hydrogen (secondary N) is 1. The Hall–Kier alpha value is -2.04. The first kappa shape index (κ1) is 13.4. The number of carboxylic acid groups (broad SMARTS) is 1. The highest BCUT2D eigenvalue weighted by Gasteiger charge is 2.48. The number of carbonyl (C=O) groups excluding carboxylic acids is 1. The van der Waals surface area contributed by atoms with E-state index in [2.05, 4.69) is 5.32 Å². The van der Waals surface area contributed by atoms with Crippen LogP contribution in [0.3, 0.4) is 0 Å². The highest BCUT2D eigenvalue weighted by Crippen LogP contribution is 2.38. The molecule has 0 radical (unpaired) electrons. The number of carbonyl (C=O) groups is 2. The lowest BCUT2D eigenvalue weighted by molar-refractivity contribution is -0.140. The zero-order valence-electron chi connectivity index (χ0n) is 10.5. The minimum absolute atomic E-state index is 0.160. The summed E-state index contributed by atoms with van der Waals surface area (Å²) in [5, 5.41) is 11.4. The predicted octanol–water partition coefficient (Wildman–Crippen LogP) is 1.29. The molecule has 1 aromatic rings. The van der Waals surface area contributed by atoms with E-state index in [-0.39, 0.29) is 11.8 Å². The summed E-state index contributed by atoms with van der Waals surface area (Å²) in [5.41, 5.74) is 0. The van der Waals surface area contributed by atoms with E-state index in [4.69, 9.17) is 9.84 Å². The third kappa shape index (κ3) is 3.98. The van der Waals surface area contributed by atoms with Crippen LogP contribution in [0, 0.1) is 11.8 Å². The smallest absolute Gasteiger partial charge is 0.307 e. The number of aliphatic carboxylic acids is 1. The molecule has 19 heavy (non-hydrogen) atoms. The van der Waals surface area contributed by atoms with Crippen LogP contribution in [0.5, 0.6) is 5.75 Å². The number of para-hydroxylation sites is 1. The molecule has 2 atom stereocenters. The maximum absolute atomic E-state index is 11.5. The molecule has 2 N–H and O–H groups in total. The number of hydrogen-bond acceptors (Lipinski definition) is 3. The molecule has 0 aromatic heterocycles. The zero-order chi connectivity index (χ0) is 13.7. The van der Waals surface area contributed by atoms with Crippen molar-refractivity contribution in [3.63, 3.8) is 0 Å². The Morgan fingerprint density at radius 1 is 1.26 bits per heavy atom. The number of benzene rings is 1. The second-order valence-corrected chi connectivity index (χ2v) is 4.59. The van der Waals surface area contributed by atoms with Gasteiger partial charge in [0, 0.05) is 6.54 Å². The lowest BCUT2D eigenvalue weighted by Crippen LogP contribution is -2.28. The summed E-state index contributed by atoms with van der Waals surface area (Å²) in [5.74, 6) is -1.06. The minimum atomic E-state index is -0.882. The normalized spacial score (nSPS) is 20.6.